The molecule has 1 aromatic rings. The molecule has 2 nitrogen and oxygen atoms in total. The number of ether oxygens (including phenoxy) is 1. The number of methoxy groups -OCH3 is 1. The van der Waals surface area contributed by atoms with Crippen molar-refractivity contribution < 1.29 is 4.74 Å². The van der Waals surface area contributed by atoms with Gasteiger partial charge in [0.1, 0.15) is 0 Å². The molecule has 1 aliphatic carbocycles. The van der Waals surface area contributed by atoms with Gasteiger partial charge in [-0.3, -0.25) is 0 Å². The molecule has 0 spiro atoms. The number of aromatic nitrogens is 1. The van der Waals surface area contributed by atoms with Crippen LogP contribution in [0, 0.1) is 5.92 Å². The maximum absolute atomic E-state index is 6.26. The van der Waals surface area contributed by atoms with Crippen LogP contribution in [0.2, 0.25) is 5.02 Å². The average molecular weight is 226 g/mol. The zero-order valence-electron chi connectivity index (χ0n) is 9.38. The Morgan fingerprint density at radius 2 is 2.13 bits per heavy atom. The van der Waals surface area contributed by atoms with Crippen molar-refractivity contribution in [1.29, 1.82) is 0 Å². The van der Waals surface area contributed by atoms with Crippen LogP contribution in [0.4, 0.5) is 0 Å². The quantitative estimate of drug-likeness (QED) is 0.786. The molecule has 1 saturated carbocycles. The molecule has 2 rings (SSSR count). The van der Waals surface area contributed by atoms with Crippen molar-refractivity contribution in [2.75, 3.05) is 7.11 Å². The second-order valence-electron chi connectivity index (χ2n) is 4.49. The first-order valence-corrected chi connectivity index (χ1v) is 5.68. The molecule has 0 unspecified atom stereocenters. The maximum atomic E-state index is 6.26. The van der Waals surface area contributed by atoms with Crippen LogP contribution in [0.15, 0.2) is 12.3 Å². The summed E-state index contributed by atoms with van der Waals surface area (Å²) in [6.07, 6.45) is 4.07. The standard InChI is InChI=1S/C12H16ClNO/c1-8(2)12(5-6-12)10-9(13)4-7-14-11(10)15-3/h4,7-8H,5-6H2,1-3H3. The van der Waals surface area contributed by atoms with Gasteiger partial charge in [0.05, 0.1) is 12.1 Å². The zero-order chi connectivity index (χ0) is 11.1. The van der Waals surface area contributed by atoms with Crippen LogP contribution in [-0.4, -0.2) is 12.1 Å². The first-order valence-electron chi connectivity index (χ1n) is 5.31. The molecule has 0 bridgehead atoms. The normalized spacial score (nSPS) is 17.9. The van der Waals surface area contributed by atoms with Crippen molar-refractivity contribution in [3.05, 3.63) is 22.8 Å². The minimum absolute atomic E-state index is 0.205. The first-order chi connectivity index (χ1) is 7.12. The van der Waals surface area contributed by atoms with Crippen molar-refractivity contribution in [2.45, 2.75) is 32.1 Å². The van der Waals surface area contributed by atoms with Crippen molar-refractivity contribution in [1.82, 2.24) is 4.98 Å². The molecule has 0 aromatic carbocycles. The van der Waals surface area contributed by atoms with Crippen LogP contribution in [0.1, 0.15) is 32.3 Å². The van der Waals surface area contributed by atoms with E-state index in [1.54, 1.807) is 13.3 Å². The van der Waals surface area contributed by atoms with Crippen LogP contribution < -0.4 is 4.74 Å². The zero-order valence-corrected chi connectivity index (χ0v) is 10.1. The SMILES string of the molecule is COc1nccc(Cl)c1C1(C(C)C)CC1. The fraction of sp³-hybridized carbons (Fsp3) is 0.583. The van der Waals surface area contributed by atoms with Crippen molar-refractivity contribution in [2.24, 2.45) is 5.92 Å². The Labute approximate surface area is 95.6 Å². The summed E-state index contributed by atoms with van der Waals surface area (Å²) in [5, 5.41) is 0.785. The highest BCUT2D eigenvalue weighted by Crippen LogP contribution is 2.57. The third-order valence-electron chi connectivity index (χ3n) is 3.45. The molecule has 15 heavy (non-hydrogen) atoms. The lowest BCUT2D eigenvalue weighted by Gasteiger charge is -2.22. The molecule has 1 aliphatic rings. The summed E-state index contributed by atoms with van der Waals surface area (Å²) in [6.45, 7) is 4.46. The van der Waals surface area contributed by atoms with Crippen molar-refractivity contribution in [3.8, 4) is 5.88 Å². The predicted octanol–water partition coefficient (Wildman–Crippen LogP) is 3.43. The van der Waals surface area contributed by atoms with E-state index in [1.165, 1.54) is 12.8 Å². The van der Waals surface area contributed by atoms with E-state index in [4.69, 9.17) is 16.3 Å². The second-order valence-corrected chi connectivity index (χ2v) is 4.90. The Bertz CT molecular complexity index is 372. The highest BCUT2D eigenvalue weighted by atomic mass is 35.5. The van der Waals surface area contributed by atoms with Gasteiger partial charge in [-0.05, 0) is 24.8 Å². The molecule has 1 aromatic heterocycles. The molecule has 0 radical (unpaired) electrons. The summed E-state index contributed by atoms with van der Waals surface area (Å²) in [7, 11) is 1.65. The van der Waals surface area contributed by atoms with Crippen LogP contribution in [0.3, 0.4) is 0 Å². The van der Waals surface area contributed by atoms with E-state index >= 15 is 0 Å². The molecule has 0 saturated heterocycles. The topological polar surface area (TPSA) is 22.1 Å². The fourth-order valence-corrected chi connectivity index (χ4v) is 2.60. The van der Waals surface area contributed by atoms with E-state index in [0.29, 0.717) is 11.8 Å². The number of nitrogens with zero attached hydrogens (tertiary/aromatic N) is 1. The second kappa shape index (κ2) is 3.67. The van der Waals surface area contributed by atoms with Gasteiger partial charge in [0.15, 0.2) is 0 Å². The van der Waals surface area contributed by atoms with Crippen LogP contribution >= 0.6 is 11.6 Å². The highest BCUT2D eigenvalue weighted by Gasteiger charge is 2.50. The summed E-state index contributed by atoms with van der Waals surface area (Å²) < 4.78 is 5.31. The van der Waals surface area contributed by atoms with Gasteiger partial charge in [-0.15, -0.1) is 0 Å². The van der Waals surface area contributed by atoms with Gasteiger partial charge in [-0.1, -0.05) is 25.4 Å². The van der Waals surface area contributed by atoms with Crippen LogP contribution in [0.25, 0.3) is 0 Å². The molecule has 1 fully saturated rings. The third kappa shape index (κ3) is 1.61. The van der Waals surface area contributed by atoms with E-state index in [-0.39, 0.29) is 5.41 Å². The van der Waals surface area contributed by atoms with E-state index in [9.17, 15) is 0 Å². The number of hydrogen-bond donors (Lipinski definition) is 0. The van der Waals surface area contributed by atoms with Gasteiger partial charge < -0.3 is 4.74 Å². The fourth-order valence-electron chi connectivity index (χ4n) is 2.28. The van der Waals surface area contributed by atoms with Gasteiger partial charge in [0.25, 0.3) is 0 Å². The molecular weight excluding hydrogens is 210 g/mol. The monoisotopic (exact) mass is 225 g/mol. The van der Waals surface area contributed by atoms with Gasteiger partial charge in [0, 0.05) is 17.2 Å². The Balaban J connectivity index is 2.51. The molecule has 0 amide bonds. The van der Waals surface area contributed by atoms with E-state index in [2.05, 4.69) is 18.8 Å². The summed E-state index contributed by atoms with van der Waals surface area (Å²) in [6, 6.07) is 1.85. The summed E-state index contributed by atoms with van der Waals surface area (Å²) in [4.78, 5) is 4.24. The summed E-state index contributed by atoms with van der Waals surface area (Å²) in [5.41, 5.74) is 1.31. The largest absolute Gasteiger partial charge is 0.481 e. The molecular formula is C12H16ClNO. The number of hydrogen-bond acceptors (Lipinski definition) is 2. The summed E-state index contributed by atoms with van der Waals surface area (Å²) in [5.74, 6) is 1.27. The van der Waals surface area contributed by atoms with E-state index < -0.39 is 0 Å². The average Bonchev–Trinajstić information content (AvgIpc) is 2.98. The minimum atomic E-state index is 0.205. The molecule has 1 heterocycles. The highest BCUT2D eigenvalue weighted by molar-refractivity contribution is 6.31. The lowest BCUT2D eigenvalue weighted by Crippen LogP contribution is -2.17. The molecule has 0 N–H and O–H groups in total. The Hall–Kier alpha value is -0.760. The molecule has 0 aliphatic heterocycles. The smallest absolute Gasteiger partial charge is 0.218 e. The Morgan fingerprint density at radius 3 is 2.60 bits per heavy atom. The maximum Gasteiger partial charge on any atom is 0.218 e. The van der Waals surface area contributed by atoms with Gasteiger partial charge in [-0.2, -0.15) is 0 Å². The van der Waals surface area contributed by atoms with Crippen LogP contribution in [-0.2, 0) is 5.41 Å². The van der Waals surface area contributed by atoms with Gasteiger partial charge in [-0.25, -0.2) is 4.98 Å². The minimum Gasteiger partial charge on any atom is -0.481 e. The predicted molar refractivity (Wildman–Crippen MR) is 61.5 cm³/mol. The Morgan fingerprint density at radius 1 is 1.47 bits per heavy atom. The number of halogens is 1. The van der Waals surface area contributed by atoms with Gasteiger partial charge in [0.2, 0.25) is 5.88 Å². The first kappa shape index (κ1) is 10.7. The van der Waals surface area contributed by atoms with Gasteiger partial charge >= 0.3 is 0 Å². The molecule has 82 valence electrons. The lowest BCUT2D eigenvalue weighted by atomic mass is 9.85. The van der Waals surface area contributed by atoms with Crippen molar-refractivity contribution in [3.63, 3.8) is 0 Å². The molecule has 3 heteroatoms. The molecule has 0 atom stereocenters. The number of pyridine rings is 1. The third-order valence-corrected chi connectivity index (χ3v) is 3.77. The lowest BCUT2D eigenvalue weighted by molar-refractivity contribution is 0.374. The van der Waals surface area contributed by atoms with Crippen LogP contribution in [0.5, 0.6) is 5.88 Å². The van der Waals surface area contributed by atoms with E-state index in [1.807, 2.05) is 6.07 Å². The number of rotatable bonds is 3. The van der Waals surface area contributed by atoms with Crippen molar-refractivity contribution >= 4 is 11.6 Å². The van der Waals surface area contributed by atoms with E-state index in [0.717, 1.165) is 10.6 Å². The Kier molecular flexibility index (Phi) is 2.63. The summed E-state index contributed by atoms with van der Waals surface area (Å²) >= 11 is 6.26.